The summed E-state index contributed by atoms with van der Waals surface area (Å²) in [6.07, 6.45) is 0.305. The highest BCUT2D eigenvalue weighted by molar-refractivity contribution is 7.89. The minimum atomic E-state index is -3.48. The van der Waals surface area contributed by atoms with Gasteiger partial charge in [-0.05, 0) is 36.6 Å². The first-order valence-corrected chi connectivity index (χ1v) is 11.3. The summed E-state index contributed by atoms with van der Waals surface area (Å²) >= 11 is 0. The van der Waals surface area contributed by atoms with Gasteiger partial charge in [-0.15, -0.1) is 0 Å². The van der Waals surface area contributed by atoms with E-state index in [0.29, 0.717) is 6.42 Å². The number of benzene rings is 2. The molecule has 0 amide bonds. The first-order chi connectivity index (χ1) is 12.1. The summed E-state index contributed by atoms with van der Waals surface area (Å²) in [5.74, 6) is -0.0655. The zero-order chi connectivity index (χ0) is 19.4. The van der Waals surface area contributed by atoms with E-state index in [4.69, 9.17) is 0 Å². The van der Waals surface area contributed by atoms with E-state index < -0.39 is 20.0 Å². The summed E-state index contributed by atoms with van der Waals surface area (Å²) < 4.78 is 52.5. The van der Waals surface area contributed by atoms with Crippen molar-refractivity contribution in [3.8, 4) is 0 Å². The smallest absolute Gasteiger partial charge is 0.212 e. The van der Waals surface area contributed by atoms with Gasteiger partial charge in [-0.2, -0.15) is 0 Å². The van der Waals surface area contributed by atoms with Crippen LogP contribution >= 0.6 is 0 Å². The van der Waals surface area contributed by atoms with Crippen LogP contribution in [0, 0.1) is 0 Å². The average Bonchev–Trinajstić information content (AvgIpc) is 2.60. The lowest BCUT2D eigenvalue weighted by molar-refractivity contribution is 0.520. The number of aryl methyl sites for hydroxylation is 1. The van der Waals surface area contributed by atoms with Crippen LogP contribution in [0.4, 0.5) is 0 Å². The van der Waals surface area contributed by atoms with Crippen LogP contribution in [-0.2, 0) is 26.5 Å². The first kappa shape index (κ1) is 20.6. The third-order valence-electron chi connectivity index (χ3n) is 4.02. The van der Waals surface area contributed by atoms with Crippen molar-refractivity contribution in [2.75, 3.05) is 19.8 Å². The lowest BCUT2D eigenvalue weighted by atomic mass is 10.1. The standard InChI is InChI=1S/C18H24N2O4S2/c1-15(17-7-5-4-6-8-17)19-25(21,22)14-13-16-9-11-18(12-10-16)26(23,24)20(2)3/h4-12,15,19H,13-14H2,1-3H3. The van der Waals surface area contributed by atoms with Gasteiger partial charge in [0.2, 0.25) is 20.0 Å². The zero-order valence-electron chi connectivity index (χ0n) is 15.1. The van der Waals surface area contributed by atoms with Crippen molar-refractivity contribution in [2.45, 2.75) is 24.3 Å². The van der Waals surface area contributed by atoms with Crippen molar-refractivity contribution in [3.05, 3.63) is 65.7 Å². The molecule has 1 atom stereocenters. The normalized spacial score (nSPS) is 13.7. The molecule has 1 N–H and O–H groups in total. The van der Waals surface area contributed by atoms with E-state index >= 15 is 0 Å². The van der Waals surface area contributed by atoms with Gasteiger partial charge in [-0.25, -0.2) is 25.9 Å². The molecule has 0 fully saturated rings. The third-order valence-corrected chi connectivity index (χ3v) is 7.30. The quantitative estimate of drug-likeness (QED) is 0.741. The number of hydrogen-bond acceptors (Lipinski definition) is 4. The zero-order valence-corrected chi connectivity index (χ0v) is 16.7. The molecule has 0 aliphatic heterocycles. The third kappa shape index (κ3) is 5.38. The van der Waals surface area contributed by atoms with Gasteiger partial charge in [0, 0.05) is 20.1 Å². The van der Waals surface area contributed by atoms with Crippen molar-refractivity contribution in [1.29, 1.82) is 0 Å². The molecule has 0 saturated heterocycles. The fraction of sp³-hybridized carbons (Fsp3) is 0.333. The second-order valence-electron chi connectivity index (χ2n) is 6.25. The lowest BCUT2D eigenvalue weighted by Gasteiger charge is -2.15. The Kier molecular flexibility index (Phi) is 6.57. The summed E-state index contributed by atoms with van der Waals surface area (Å²) in [7, 11) is -4.00. The van der Waals surface area contributed by atoms with Crippen LogP contribution in [0.2, 0.25) is 0 Å². The summed E-state index contributed by atoms with van der Waals surface area (Å²) in [6, 6.07) is 15.3. The van der Waals surface area contributed by atoms with E-state index in [0.717, 1.165) is 15.4 Å². The molecule has 0 aliphatic rings. The van der Waals surface area contributed by atoms with Crippen LogP contribution in [0.1, 0.15) is 24.1 Å². The Bertz CT molecular complexity index is 923. The molecule has 0 heterocycles. The van der Waals surface area contributed by atoms with Crippen LogP contribution in [0.25, 0.3) is 0 Å². The molecule has 0 bridgehead atoms. The average molecular weight is 397 g/mol. The number of hydrogen-bond donors (Lipinski definition) is 1. The predicted octanol–water partition coefficient (Wildman–Crippen LogP) is 2.16. The van der Waals surface area contributed by atoms with E-state index in [1.54, 1.807) is 19.1 Å². The van der Waals surface area contributed by atoms with Gasteiger partial charge in [0.05, 0.1) is 10.6 Å². The van der Waals surface area contributed by atoms with E-state index in [1.807, 2.05) is 30.3 Å². The molecule has 142 valence electrons. The maximum Gasteiger partial charge on any atom is 0.242 e. The highest BCUT2D eigenvalue weighted by atomic mass is 32.2. The Balaban J connectivity index is 1.99. The van der Waals surface area contributed by atoms with Crippen LogP contribution in [0.15, 0.2) is 59.5 Å². The number of nitrogens with one attached hydrogen (secondary N) is 1. The topological polar surface area (TPSA) is 83.5 Å². The Morgan fingerprint density at radius 2 is 1.50 bits per heavy atom. The minimum absolute atomic E-state index is 0.0655. The van der Waals surface area contributed by atoms with Crippen molar-refractivity contribution in [1.82, 2.24) is 9.03 Å². The minimum Gasteiger partial charge on any atom is -0.212 e. The lowest BCUT2D eigenvalue weighted by Crippen LogP contribution is -2.29. The molecule has 0 aliphatic carbocycles. The van der Waals surface area contributed by atoms with Crippen LogP contribution < -0.4 is 4.72 Å². The maximum absolute atomic E-state index is 12.3. The highest BCUT2D eigenvalue weighted by Crippen LogP contribution is 2.16. The molecule has 0 spiro atoms. The monoisotopic (exact) mass is 396 g/mol. The van der Waals surface area contributed by atoms with Gasteiger partial charge in [0.1, 0.15) is 0 Å². The van der Waals surface area contributed by atoms with Crippen molar-refractivity contribution < 1.29 is 16.8 Å². The van der Waals surface area contributed by atoms with E-state index in [-0.39, 0.29) is 16.7 Å². The second kappa shape index (κ2) is 8.30. The van der Waals surface area contributed by atoms with Crippen LogP contribution in [0.5, 0.6) is 0 Å². The Hall–Kier alpha value is -1.74. The maximum atomic E-state index is 12.3. The molecule has 26 heavy (non-hydrogen) atoms. The van der Waals surface area contributed by atoms with E-state index in [2.05, 4.69) is 4.72 Å². The summed E-state index contributed by atoms with van der Waals surface area (Å²) in [6.45, 7) is 1.80. The van der Waals surface area contributed by atoms with Crippen molar-refractivity contribution >= 4 is 20.0 Å². The SMILES string of the molecule is CC(NS(=O)(=O)CCc1ccc(S(=O)(=O)N(C)C)cc1)c1ccccc1. The van der Waals surface area contributed by atoms with Crippen LogP contribution in [0.3, 0.4) is 0 Å². The van der Waals surface area contributed by atoms with Crippen molar-refractivity contribution in [2.24, 2.45) is 0 Å². The first-order valence-electron chi connectivity index (χ1n) is 8.18. The van der Waals surface area contributed by atoms with Gasteiger partial charge in [0.15, 0.2) is 0 Å². The Morgan fingerprint density at radius 1 is 0.923 bits per heavy atom. The fourth-order valence-electron chi connectivity index (χ4n) is 2.43. The summed E-state index contributed by atoms with van der Waals surface area (Å²) in [4.78, 5) is 0.185. The van der Waals surface area contributed by atoms with Gasteiger partial charge >= 0.3 is 0 Å². The largest absolute Gasteiger partial charge is 0.242 e. The molecule has 2 aromatic rings. The van der Waals surface area contributed by atoms with Crippen molar-refractivity contribution in [3.63, 3.8) is 0 Å². The van der Waals surface area contributed by atoms with Gasteiger partial charge in [-0.3, -0.25) is 0 Å². The molecule has 6 nitrogen and oxygen atoms in total. The van der Waals surface area contributed by atoms with Crippen LogP contribution in [-0.4, -0.2) is 41.0 Å². The second-order valence-corrected chi connectivity index (χ2v) is 10.3. The molecule has 8 heteroatoms. The van der Waals surface area contributed by atoms with E-state index in [9.17, 15) is 16.8 Å². The molecule has 2 rings (SSSR count). The Morgan fingerprint density at radius 3 is 2.04 bits per heavy atom. The Labute approximate surface area is 156 Å². The summed E-state index contributed by atoms with van der Waals surface area (Å²) in [5, 5.41) is 0. The van der Waals surface area contributed by atoms with E-state index in [1.165, 1.54) is 26.2 Å². The number of rotatable bonds is 8. The predicted molar refractivity (Wildman–Crippen MR) is 103 cm³/mol. The van der Waals surface area contributed by atoms with Gasteiger partial charge < -0.3 is 0 Å². The number of sulfonamides is 2. The molecule has 2 aromatic carbocycles. The molecule has 0 aromatic heterocycles. The molecule has 0 radical (unpaired) electrons. The molecular weight excluding hydrogens is 372 g/mol. The molecule has 0 saturated carbocycles. The fourth-order valence-corrected chi connectivity index (χ4v) is 4.63. The highest BCUT2D eigenvalue weighted by Gasteiger charge is 2.18. The molecular formula is C18H24N2O4S2. The summed E-state index contributed by atoms with van der Waals surface area (Å²) in [5.41, 5.74) is 1.66. The van der Waals surface area contributed by atoms with Gasteiger partial charge in [0.25, 0.3) is 0 Å². The molecule has 1 unspecified atom stereocenters. The van der Waals surface area contributed by atoms with Gasteiger partial charge in [-0.1, -0.05) is 42.5 Å². The number of nitrogens with zero attached hydrogens (tertiary/aromatic N) is 1.